The van der Waals surface area contributed by atoms with E-state index in [4.69, 9.17) is 0 Å². The first-order valence-corrected chi connectivity index (χ1v) is 5.62. The van der Waals surface area contributed by atoms with Crippen LogP contribution in [0.15, 0.2) is 10.7 Å². The molecule has 1 aliphatic carbocycles. The first-order valence-electron chi connectivity index (χ1n) is 4.83. The van der Waals surface area contributed by atoms with Crippen molar-refractivity contribution in [2.75, 3.05) is 11.9 Å². The van der Waals surface area contributed by atoms with Crippen molar-refractivity contribution in [3.8, 4) is 0 Å². The van der Waals surface area contributed by atoms with Crippen LogP contribution in [0.3, 0.4) is 0 Å². The Morgan fingerprint density at radius 3 is 3.08 bits per heavy atom. The first kappa shape index (κ1) is 7.85. The molecule has 2 aliphatic rings. The molecule has 1 fully saturated rings. The Morgan fingerprint density at radius 2 is 2.31 bits per heavy atom. The molecule has 1 aliphatic heterocycles. The van der Waals surface area contributed by atoms with Gasteiger partial charge in [-0.25, -0.2) is 4.68 Å². The molecule has 0 radical (unpaired) electrons. The molecule has 1 saturated carbocycles. The van der Waals surface area contributed by atoms with Crippen molar-refractivity contribution in [1.82, 2.24) is 9.78 Å². The molecule has 0 spiro atoms. The lowest BCUT2D eigenvalue weighted by atomic mass is 10.1. The summed E-state index contributed by atoms with van der Waals surface area (Å²) in [4.78, 5) is 0. The number of nitrogens with one attached hydrogen (secondary N) is 1. The highest BCUT2D eigenvalue weighted by atomic mass is 79.9. The zero-order valence-electron chi connectivity index (χ0n) is 7.33. The molecule has 1 atom stereocenters. The Bertz CT molecular complexity index is 330. The third-order valence-corrected chi connectivity index (χ3v) is 3.54. The molecular weight excluding hydrogens is 230 g/mol. The summed E-state index contributed by atoms with van der Waals surface area (Å²) in [6.45, 7) is 1.09. The maximum atomic E-state index is 4.41. The minimum absolute atomic E-state index is 0.655. The van der Waals surface area contributed by atoms with E-state index in [1.165, 1.54) is 25.1 Å². The summed E-state index contributed by atoms with van der Waals surface area (Å²) in [6, 6.07) is 0.655. The third-order valence-electron chi connectivity index (χ3n) is 2.96. The molecule has 0 bridgehead atoms. The largest absolute Gasteiger partial charge is 0.369 e. The van der Waals surface area contributed by atoms with Gasteiger partial charge in [-0.3, -0.25) is 0 Å². The fourth-order valence-corrected chi connectivity index (χ4v) is 2.55. The van der Waals surface area contributed by atoms with Crippen LogP contribution in [0.25, 0.3) is 0 Å². The van der Waals surface area contributed by atoms with Gasteiger partial charge in [-0.05, 0) is 41.1 Å². The lowest BCUT2D eigenvalue weighted by Crippen LogP contribution is -2.24. The van der Waals surface area contributed by atoms with Gasteiger partial charge in [-0.2, -0.15) is 5.10 Å². The molecule has 1 unspecified atom stereocenters. The van der Waals surface area contributed by atoms with Gasteiger partial charge in [-0.1, -0.05) is 0 Å². The van der Waals surface area contributed by atoms with Crippen LogP contribution in [0.2, 0.25) is 0 Å². The Kier molecular flexibility index (Phi) is 1.65. The van der Waals surface area contributed by atoms with Gasteiger partial charge in [-0.15, -0.1) is 0 Å². The van der Waals surface area contributed by atoms with Gasteiger partial charge in [0.1, 0.15) is 5.82 Å². The van der Waals surface area contributed by atoms with Gasteiger partial charge in [0.05, 0.1) is 16.7 Å². The Hall–Kier alpha value is -0.510. The molecular formula is C9H12BrN3. The van der Waals surface area contributed by atoms with Crippen LogP contribution in [0.4, 0.5) is 5.82 Å². The number of fused-ring (bicyclic) bond motifs is 1. The lowest BCUT2D eigenvalue weighted by molar-refractivity contribution is 0.375. The maximum absolute atomic E-state index is 4.41. The predicted octanol–water partition coefficient (Wildman–Crippen LogP) is 2.41. The normalized spacial score (nSPS) is 26.7. The zero-order valence-corrected chi connectivity index (χ0v) is 8.92. The van der Waals surface area contributed by atoms with Crippen molar-refractivity contribution >= 4 is 21.7 Å². The average Bonchev–Trinajstić information content (AvgIpc) is 2.92. The topological polar surface area (TPSA) is 29.9 Å². The van der Waals surface area contributed by atoms with Gasteiger partial charge in [0, 0.05) is 6.54 Å². The van der Waals surface area contributed by atoms with Crippen LogP contribution in [0.5, 0.6) is 0 Å². The second-order valence-corrected chi connectivity index (χ2v) is 4.76. The van der Waals surface area contributed by atoms with Crippen LogP contribution >= 0.6 is 15.9 Å². The molecule has 1 aromatic heterocycles. The molecule has 1 aromatic rings. The maximum Gasteiger partial charge on any atom is 0.139 e. The van der Waals surface area contributed by atoms with E-state index in [9.17, 15) is 0 Å². The molecule has 4 heteroatoms. The Morgan fingerprint density at radius 1 is 1.46 bits per heavy atom. The average molecular weight is 242 g/mol. The predicted molar refractivity (Wildman–Crippen MR) is 54.8 cm³/mol. The summed E-state index contributed by atoms with van der Waals surface area (Å²) in [5, 5.41) is 7.78. The highest BCUT2D eigenvalue weighted by molar-refractivity contribution is 9.10. The molecule has 0 saturated heterocycles. The first-order chi connectivity index (χ1) is 6.36. The van der Waals surface area contributed by atoms with E-state index in [1.807, 2.05) is 6.20 Å². The summed E-state index contributed by atoms with van der Waals surface area (Å²) in [7, 11) is 0. The van der Waals surface area contributed by atoms with E-state index in [0.717, 1.165) is 16.9 Å². The van der Waals surface area contributed by atoms with E-state index in [1.54, 1.807) is 0 Å². The smallest absolute Gasteiger partial charge is 0.139 e. The minimum atomic E-state index is 0.655. The Balaban J connectivity index is 2.01. The number of aromatic nitrogens is 2. The summed E-state index contributed by atoms with van der Waals surface area (Å²) in [5.41, 5.74) is 0. The van der Waals surface area contributed by atoms with Crippen LogP contribution in [0.1, 0.15) is 25.3 Å². The van der Waals surface area contributed by atoms with Gasteiger partial charge in [0.15, 0.2) is 0 Å². The number of hydrogen-bond acceptors (Lipinski definition) is 2. The van der Waals surface area contributed by atoms with E-state index in [-0.39, 0.29) is 0 Å². The molecule has 0 aromatic carbocycles. The zero-order chi connectivity index (χ0) is 8.84. The van der Waals surface area contributed by atoms with Gasteiger partial charge < -0.3 is 5.32 Å². The molecule has 13 heavy (non-hydrogen) atoms. The highest BCUT2D eigenvalue weighted by Crippen LogP contribution is 2.44. The number of halogens is 1. The SMILES string of the molecule is Brc1cnn2c1NCCC2C1CC1. The van der Waals surface area contributed by atoms with E-state index in [2.05, 4.69) is 31.0 Å². The van der Waals surface area contributed by atoms with Crippen molar-refractivity contribution in [2.24, 2.45) is 5.92 Å². The lowest BCUT2D eigenvalue weighted by Gasteiger charge is -2.25. The number of nitrogens with zero attached hydrogens (tertiary/aromatic N) is 2. The van der Waals surface area contributed by atoms with Crippen molar-refractivity contribution < 1.29 is 0 Å². The quantitative estimate of drug-likeness (QED) is 0.819. The second-order valence-electron chi connectivity index (χ2n) is 3.91. The third kappa shape index (κ3) is 1.19. The molecule has 1 N–H and O–H groups in total. The Labute approximate surface area is 85.6 Å². The van der Waals surface area contributed by atoms with Crippen molar-refractivity contribution in [1.29, 1.82) is 0 Å². The van der Waals surface area contributed by atoms with Crippen LogP contribution in [-0.4, -0.2) is 16.3 Å². The summed E-state index contributed by atoms with van der Waals surface area (Å²) in [6.07, 6.45) is 5.90. The molecule has 2 heterocycles. The van der Waals surface area contributed by atoms with E-state index < -0.39 is 0 Å². The van der Waals surface area contributed by atoms with Crippen molar-refractivity contribution in [2.45, 2.75) is 25.3 Å². The van der Waals surface area contributed by atoms with Gasteiger partial charge >= 0.3 is 0 Å². The summed E-state index contributed by atoms with van der Waals surface area (Å²) in [5.74, 6) is 2.07. The second kappa shape index (κ2) is 2.74. The monoisotopic (exact) mass is 241 g/mol. The molecule has 70 valence electrons. The molecule has 3 rings (SSSR count). The summed E-state index contributed by atoms with van der Waals surface area (Å²) >= 11 is 3.50. The van der Waals surface area contributed by atoms with Gasteiger partial charge in [0.25, 0.3) is 0 Å². The fourth-order valence-electron chi connectivity index (χ4n) is 2.14. The van der Waals surface area contributed by atoms with E-state index >= 15 is 0 Å². The molecule has 3 nitrogen and oxygen atoms in total. The van der Waals surface area contributed by atoms with Crippen molar-refractivity contribution in [3.63, 3.8) is 0 Å². The molecule has 0 amide bonds. The summed E-state index contributed by atoms with van der Waals surface area (Å²) < 4.78 is 3.25. The van der Waals surface area contributed by atoms with Gasteiger partial charge in [0.2, 0.25) is 0 Å². The number of hydrogen-bond donors (Lipinski definition) is 1. The highest BCUT2D eigenvalue weighted by Gasteiger charge is 2.35. The fraction of sp³-hybridized carbons (Fsp3) is 0.667. The standard InChI is InChI=1S/C9H12BrN3/c10-7-5-12-13-8(6-1-2-6)3-4-11-9(7)13/h5-6,8,11H,1-4H2. The van der Waals surface area contributed by atoms with E-state index in [0.29, 0.717) is 6.04 Å². The van der Waals surface area contributed by atoms with Crippen LogP contribution < -0.4 is 5.32 Å². The van der Waals surface area contributed by atoms with Crippen LogP contribution in [-0.2, 0) is 0 Å². The van der Waals surface area contributed by atoms with Crippen molar-refractivity contribution in [3.05, 3.63) is 10.7 Å². The van der Waals surface area contributed by atoms with Crippen LogP contribution in [0, 0.1) is 5.92 Å². The number of anilines is 1. The number of rotatable bonds is 1. The minimum Gasteiger partial charge on any atom is -0.369 e.